The van der Waals surface area contributed by atoms with Gasteiger partial charge in [0.05, 0.1) is 12.7 Å². The molecule has 0 atom stereocenters. The standard InChI is InChI=1S/C8H9ClIN5/c1-2-14-4-6(11-13-14)5-15-8(10)3-7(9)12-15/h3-4H,2,5H2,1H3. The zero-order valence-corrected chi connectivity index (χ0v) is 11.0. The number of aryl methyl sites for hydroxylation is 1. The van der Waals surface area contributed by atoms with Crippen molar-refractivity contribution in [3.8, 4) is 0 Å². The van der Waals surface area contributed by atoms with Crippen molar-refractivity contribution in [3.63, 3.8) is 0 Å². The van der Waals surface area contributed by atoms with Crippen LogP contribution in [0.3, 0.4) is 0 Å². The maximum Gasteiger partial charge on any atom is 0.152 e. The summed E-state index contributed by atoms with van der Waals surface area (Å²) in [5.74, 6) is 0. The molecule has 0 saturated carbocycles. The van der Waals surface area contributed by atoms with Gasteiger partial charge in [-0.05, 0) is 29.5 Å². The molecule has 0 aliphatic heterocycles. The monoisotopic (exact) mass is 337 g/mol. The molecule has 5 nitrogen and oxygen atoms in total. The first-order valence-electron chi connectivity index (χ1n) is 4.47. The topological polar surface area (TPSA) is 48.5 Å². The number of halogens is 2. The molecule has 7 heteroatoms. The number of nitrogens with zero attached hydrogens (tertiary/aromatic N) is 5. The van der Waals surface area contributed by atoms with Crippen molar-refractivity contribution < 1.29 is 0 Å². The Hall–Kier alpha value is -0.630. The van der Waals surface area contributed by atoms with Gasteiger partial charge in [0.1, 0.15) is 9.39 Å². The molecule has 0 aromatic carbocycles. The largest absolute Gasteiger partial charge is 0.252 e. The summed E-state index contributed by atoms with van der Waals surface area (Å²) < 4.78 is 4.57. The van der Waals surface area contributed by atoms with Gasteiger partial charge in [-0.2, -0.15) is 5.10 Å². The highest BCUT2D eigenvalue weighted by atomic mass is 127. The Labute approximate surface area is 106 Å². The zero-order valence-electron chi connectivity index (χ0n) is 8.06. The molecule has 0 aliphatic rings. The highest BCUT2D eigenvalue weighted by Crippen LogP contribution is 2.13. The minimum Gasteiger partial charge on any atom is -0.252 e. The highest BCUT2D eigenvalue weighted by molar-refractivity contribution is 14.1. The Morgan fingerprint density at radius 2 is 2.33 bits per heavy atom. The van der Waals surface area contributed by atoms with Crippen LogP contribution in [-0.2, 0) is 13.1 Å². The third kappa shape index (κ3) is 2.49. The highest BCUT2D eigenvalue weighted by Gasteiger charge is 2.06. The minimum atomic E-state index is 0.502. The quantitative estimate of drug-likeness (QED) is 0.803. The van der Waals surface area contributed by atoms with Crippen molar-refractivity contribution in [3.05, 3.63) is 26.8 Å². The van der Waals surface area contributed by atoms with Crippen LogP contribution in [0.5, 0.6) is 0 Å². The van der Waals surface area contributed by atoms with E-state index in [0.29, 0.717) is 11.7 Å². The zero-order chi connectivity index (χ0) is 10.8. The molecule has 2 rings (SSSR count). The van der Waals surface area contributed by atoms with Gasteiger partial charge >= 0.3 is 0 Å². The van der Waals surface area contributed by atoms with Gasteiger partial charge in [0, 0.05) is 12.6 Å². The smallest absolute Gasteiger partial charge is 0.152 e. The number of hydrogen-bond acceptors (Lipinski definition) is 3. The third-order valence-electron chi connectivity index (χ3n) is 1.92. The summed E-state index contributed by atoms with van der Waals surface area (Å²) in [5, 5.41) is 12.6. The predicted molar refractivity (Wildman–Crippen MR) is 64.8 cm³/mol. The normalized spacial score (nSPS) is 10.9. The van der Waals surface area contributed by atoms with Crippen LogP contribution in [0.15, 0.2) is 12.3 Å². The first-order valence-corrected chi connectivity index (χ1v) is 5.92. The Morgan fingerprint density at radius 1 is 1.53 bits per heavy atom. The molecule has 80 valence electrons. The van der Waals surface area contributed by atoms with Crippen molar-refractivity contribution in [2.75, 3.05) is 0 Å². The molecule has 0 spiro atoms. The van der Waals surface area contributed by atoms with Crippen molar-refractivity contribution in [2.45, 2.75) is 20.0 Å². The van der Waals surface area contributed by atoms with E-state index in [0.717, 1.165) is 15.9 Å². The van der Waals surface area contributed by atoms with E-state index >= 15 is 0 Å². The molecule has 0 aliphatic carbocycles. The molecule has 2 aromatic rings. The Bertz CT molecular complexity index is 463. The first kappa shape index (κ1) is 10.9. The molecule has 0 amide bonds. The average Bonchev–Trinajstić information content (AvgIpc) is 2.75. The molecule has 2 heterocycles. The second kappa shape index (κ2) is 4.48. The maximum atomic E-state index is 5.79. The average molecular weight is 338 g/mol. The predicted octanol–water partition coefficient (Wildman–Crippen LogP) is 1.80. The van der Waals surface area contributed by atoms with E-state index in [1.54, 1.807) is 9.36 Å². The molecule has 0 bridgehead atoms. The molecule has 0 radical (unpaired) electrons. The second-order valence-corrected chi connectivity index (χ2v) is 4.51. The van der Waals surface area contributed by atoms with Crippen molar-refractivity contribution in [2.24, 2.45) is 0 Å². The van der Waals surface area contributed by atoms with Crippen LogP contribution < -0.4 is 0 Å². The van der Waals surface area contributed by atoms with Crippen LogP contribution in [0, 0.1) is 3.70 Å². The van der Waals surface area contributed by atoms with Crippen LogP contribution in [0.25, 0.3) is 0 Å². The third-order valence-corrected chi connectivity index (χ3v) is 2.98. The van der Waals surface area contributed by atoms with E-state index in [-0.39, 0.29) is 0 Å². The summed E-state index contributed by atoms with van der Waals surface area (Å²) in [4.78, 5) is 0. The van der Waals surface area contributed by atoms with E-state index in [2.05, 4.69) is 38.0 Å². The van der Waals surface area contributed by atoms with Crippen molar-refractivity contribution >= 4 is 34.2 Å². The summed E-state index contributed by atoms with van der Waals surface area (Å²) >= 11 is 7.97. The summed E-state index contributed by atoms with van der Waals surface area (Å²) in [6, 6.07) is 1.81. The molecular formula is C8H9ClIN5. The molecular weight excluding hydrogens is 328 g/mol. The van der Waals surface area contributed by atoms with Crippen LogP contribution in [0.4, 0.5) is 0 Å². The number of aromatic nitrogens is 5. The van der Waals surface area contributed by atoms with E-state index in [1.807, 2.05) is 19.2 Å². The molecule has 0 saturated heterocycles. The molecule has 0 unspecified atom stereocenters. The van der Waals surface area contributed by atoms with Gasteiger partial charge in [-0.3, -0.25) is 9.36 Å². The summed E-state index contributed by atoms with van der Waals surface area (Å²) in [6.45, 7) is 3.45. The van der Waals surface area contributed by atoms with Crippen molar-refractivity contribution in [1.82, 2.24) is 24.8 Å². The Kier molecular flexibility index (Phi) is 3.25. The molecule has 0 N–H and O–H groups in total. The lowest BCUT2D eigenvalue weighted by Crippen LogP contribution is -2.03. The van der Waals surface area contributed by atoms with Gasteiger partial charge in [0.15, 0.2) is 5.15 Å². The second-order valence-electron chi connectivity index (χ2n) is 3.01. The van der Waals surface area contributed by atoms with Gasteiger partial charge in [0.2, 0.25) is 0 Å². The van der Waals surface area contributed by atoms with E-state index in [9.17, 15) is 0 Å². The van der Waals surface area contributed by atoms with Crippen LogP contribution >= 0.6 is 34.2 Å². The fraction of sp³-hybridized carbons (Fsp3) is 0.375. The first-order chi connectivity index (χ1) is 7.19. The lowest BCUT2D eigenvalue weighted by molar-refractivity contribution is 0.624. The fourth-order valence-electron chi connectivity index (χ4n) is 1.19. The number of rotatable bonds is 3. The summed E-state index contributed by atoms with van der Waals surface area (Å²) in [6.07, 6.45) is 1.91. The lowest BCUT2D eigenvalue weighted by atomic mass is 10.5. The molecule has 15 heavy (non-hydrogen) atoms. The van der Waals surface area contributed by atoms with Gasteiger partial charge in [0.25, 0.3) is 0 Å². The lowest BCUT2D eigenvalue weighted by Gasteiger charge is -1.98. The summed E-state index contributed by atoms with van der Waals surface area (Å²) in [5.41, 5.74) is 0.884. The molecule has 2 aromatic heterocycles. The fourth-order valence-corrected chi connectivity index (χ4v) is 2.15. The number of hydrogen-bond donors (Lipinski definition) is 0. The minimum absolute atomic E-state index is 0.502. The van der Waals surface area contributed by atoms with Crippen LogP contribution in [0.2, 0.25) is 5.15 Å². The maximum absolute atomic E-state index is 5.79. The van der Waals surface area contributed by atoms with Gasteiger partial charge < -0.3 is 0 Å². The Balaban J connectivity index is 2.17. The van der Waals surface area contributed by atoms with E-state index < -0.39 is 0 Å². The Morgan fingerprint density at radius 3 is 2.87 bits per heavy atom. The SMILES string of the molecule is CCn1cc(Cn2nc(Cl)cc2I)nn1. The van der Waals surface area contributed by atoms with Crippen molar-refractivity contribution in [1.29, 1.82) is 0 Å². The molecule has 0 fully saturated rings. The summed E-state index contributed by atoms with van der Waals surface area (Å²) in [7, 11) is 0. The van der Waals surface area contributed by atoms with Crippen LogP contribution in [0.1, 0.15) is 12.6 Å². The van der Waals surface area contributed by atoms with Gasteiger partial charge in [-0.1, -0.05) is 16.8 Å². The van der Waals surface area contributed by atoms with E-state index in [1.165, 1.54) is 0 Å². The van der Waals surface area contributed by atoms with Crippen LogP contribution in [-0.4, -0.2) is 24.8 Å². The van der Waals surface area contributed by atoms with Gasteiger partial charge in [-0.25, -0.2) is 0 Å². The van der Waals surface area contributed by atoms with Gasteiger partial charge in [-0.15, -0.1) is 5.10 Å². The van der Waals surface area contributed by atoms with E-state index in [4.69, 9.17) is 11.6 Å².